The van der Waals surface area contributed by atoms with Crippen molar-refractivity contribution in [2.75, 3.05) is 18.9 Å². The van der Waals surface area contributed by atoms with Crippen LogP contribution in [0.1, 0.15) is 18.5 Å². The Kier molecular flexibility index (Phi) is 5.20. The Morgan fingerprint density at radius 1 is 1.40 bits per heavy atom. The molecular formula is C17H20FN5O2. The molecule has 0 saturated carbocycles. The first-order valence-electron chi connectivity index (χ1n) is 8.04. The van der Waals surface area contributed by atoms with Gasteiger partial charge >= 0.3 is 0 Å². The maximum Gasteiger partial charge on any atom is 0.238 e. The number of nitrogen functional groups attached to an aromatic ring is 1. The normalized spacial score (nSPS) is 17.2. The lowest BCUT2D eigenvalue weighted by Gasteiger charge is -2.15. The highest BCUT2D eigenvalue weighted by molar-refractivity contribution is 5.64. The summed E-state index contributed by atoms with van der Waals surface area (Å²) in [6.45, 7) is 3.25. The molecule has 25 heavy (non-hydrogen) atoms. The van der Waals surface area contributed by atoms with E-state index in [-0.39, 0.29) is 17.6 Å². The number of nitrogens with zero attached hydrogens (tertiary/aromatic N) is 4. The van der Waals surface area contributed by atoms with Crippen LogP contribution in [0.3, 0.4) is 0 Å². The molecule has 0 amide bonds. The van der Waals surface area contributed by atoms with E-state index in [2.05, 4.69) is 15.1 Å². The van der Waals surface area contributed by atoms with E-state index in [0.29, 0.717) is 18.0 Å². The second-order valence-corrected chi connectivity index (χ2v) is 5.83. The average molecular weight is 345 g/mol. The Labute approximate surface area is 144 Å². The van der Waals surface area contributed by atoms with Crippen molar-refractivity contribution >= 4 is 11.5 Å². The Bertz CT molecular complexity index is 861. The van der Waals surface area contributed by atoms with Gasteiger partial charge < -0.3 is 15.6 Å². The van der Waals surface area contributed by atoms with E-state index in [4.69, 9.17) is 15.6 Å². The topological polar surface area (TPSA) is 98.6 Å². The zero-order valence-corrected chi connectivity index (χ0v) is 13.9. The number of pyridine rings is 1. The number of ether oxygens (including phenoxy) is 1. The van der Waals surface area contributed by atoms with Crippen molar-refractivity contribution in [3.05, 3.63) is 42.0 Å². The van der Waals surface area contributed by atoms with Gasteiger partial charge in [-0.15, -0.1) is 5.10 Å². The Hall–Kier alpha value is -2.58. The third kappa shape index (κ3) is 4.09. The van der Waals surface area contributed by atoms with Crippen LogP contribution in [0.15, 0.2) is 30.5 Å². The first-order valence-corrected chi connectivity index (χ1v) is 8.04. The van der Waals surface area contributed by atoms with Gasteiger partial charge in [-0.05, 0) is 31.9 Å². The van der Waals surface area contributed by atoms with E-state index in [1.165, 1.54) is 16.8 Å². The minimum Gasteiger partial charge on any atom is -0.391 e. The number of aliphatic hydroxyl groups is 1. The van der Waals surface area contributed by atoms with Crippen molar-refractivity contribution in [2.24, 2.45) is 0 Å². The zero-order valence-electron chi connectivity index (χ0n) is 13.9. The van der Waals surface area contributed by atoms with Gasteiger partial charge in [0.05, 0.1) is 30.3 Å². The van der Waals surface area contributed by atoms with Crippen LogP contribution in [0.25, 0.3) is 16.9 Å². The molecule has 8 heteroatoms. The summed E-state index contributed by atoms with van der Waals surface area (Å²) in [4.78, 5) is 8.13. The molecule has 1 atom stereocenters. The van der Waals surface area contributed by atoms with E-state index >= 15 is 0 Å². The third-order valence-corrected chi connectivity index (χ3v) is 3.77. The molecule has 132 valence electrons. The molecule has 0 aliphatic carbocycles. The lowest BCUT2D eigenvalue weighted by Crippen LogP contribution is -2.21. The number of anilines is 1. The largest absolute Gasteiger partial charge is 0.391 e. The van der Waals surface area contributed by atoms with Crippen molar-refractivity contribution in [2.45, 2.75) is 25.9 Å². The maximum absolute atomic E-state index is 13.8. The molecule has 7 nitrogen and oxygen atoms in total. The molecule has 0 aromatic carbocycles. The number of nitrogens with two attached hydrogens (primary N) is 1. The molecule has 3 aromatic heterocycles. The molecule has 1 unspecified atom stereocenters. The highest BCUT2D eigenvalue weighted by Gasteiger charge is 2.13. The minimum atomic E-state index is -0.395. The van der Waals surface area contributed by atoms with E-state index in [1.54, 1.807) is 6.07 Å². The molecule has 0 bridgehead atoms. The highest BCUT2D eigenvalue weighted by atomic mass is 19.1. The summed E-state index contributed by atoms with van der Waals surface area (Å²) in [5, 5.41) is 12.8. The number of fused-ring (bicyclic) bond motifs is 1. The summed E-state index contributed by atoms with van der Waals surface area (Å²) >= 11 is 0. The van der Waals surface area contributed by atoms with Gasteiger partial charge in [-0.2, -0.15) is 0 Å². The number of aromatic nitrogens is 4. The van der Waals surface area contributed by atoms with E-state index < -0.39 is 5.82 Å². The number of aryl methyl sites for hydroxylation is 1. The van der Waals surface area contributed by atoms with E-state index in [9.17, 15) is 4.39 Å². The van der Waals surface area contributed by atoms with Crippen LogP contribution >= 0.6 is 0 Å². The van der Waals surface area contributed by atoms with Crippen molar-refractivity contribution in [1.29, 1.82) is 0 Å². The maximum atomic E-state index is 13.8. The molecule has 1 aliphatic heterocycles. The van der Waals surface area contributed by atoms with Crippen molar-refractivity contribution in [1.82, 2.24) is 19.6 Å². The smallest absolute Gasteiger partial charge is 0.238 e. The Morgan fingerprint density at radius 3 is 2.88 bits per heavy atom. The van der Waals surface area contributed by atoms with Crippen LogP contribution in [0.4, 0.5) is 10.3 Å². The quantitative estimate of drug-likeness (QED) is 0.700. The fourth-order valence-corrected chi connectivity index (χ4v) is 2.56. The number of rotatable bonds is 1. The lowest BCUT2D eigenvalue weighted by molar-refractivity contribution is -0.00535. The first-order chi connectivity index (χ1) is 12.0. The molecule has 1 aliphatic rings. The van der Waals surface area contributed by atoms with Gasteiger partial charge in [0.2, 0.25) is 5.95 Å². The molecule has 3 N–H and O–H groups in total. The third-order valence-electron chi connectivity index (χ3n) is 3.77. The average Bonchev–Trinajstić information content (AvgIpc) is 2.92. The fraction of sp³-hybridized carbons (Fsp3) is 0.353. The predicted octanol–water partition coefficient (Wildman–Crippen LogP) is 1.98. The van der Waals surface area contributed by atoms with Crippen molar-refractivity contribution in [3.8, 4) is 11.4 Å². The van der Waals surface area contributed by atoms with Crippen LogP contribution in [0, 0.1) is 12.7 Å². The number of hydrogen-bond acceptors (Lipinski definition) is 6. The van der Waals surface area contributed by atoms with Crippen molar-refractivity contribution in [3.63, 3.8) is 0 Å². The first kappa shape index (κ1) is 17.2. The fourth-order valence-electron chi connectivity index (χ4n) is 2.56. The molecule has 0 spiro atoms. The lowest BCUT2D eigenvalue weighted by atomic mass is 10.2. The van der Waals surface area contributed by atoms with E-state index in [1.807, 2.05) is 19.1 Å². The summed E-state index contributed by atoms with van der Waals surface area (Å²) < 4.78 is 20.1. The molecule has 1 fully saturated rings. The van der Waals surface area contributed by atoms with Crippen LogP contribution < -0.4 is 5.73 Å². The monoisotopic (exact) mass is 345 g/mol. The van der Waals surface area contributed by atoms with Gasteiger partial charge in [-0.3, -0.25) is 4.98 Å². The van der Waals surface area contributed by atoms with Gasteiger partial charge in [0.1, 0.15) is 5.52 Å². The molecule has 1 saturated heterocycles. The SMILES string of the molecule is Cc1cccc(-c2cc(F)c3cnc(N)nn23)n1.OC1CCCOC1. The highest BCUT2D eigenvalue weighted by Crippen LogP contribution is 2.23. The Morgan fingerprint density at radius 2 is 2.24 bits per heavy atom. The number of aliphatic hydroxyl groups excluding tert-OH is 1. The summed E-state index contributed by atoms with van der Waals surface area (Å²) in [7, 11) is 0. The van der Waals surface area contributed by atoms with Crippen LogP contribution in [-0.2, 0) is 4.74 Å². The van der Waals surface area contributed by atoms with Crippen LogP contribution in [0.2, 0.25) is 0 Å². The second kappa shape index (κ2) is 7.54. The van der Waals surface area contributed by atoms with Gasteiger partial charge in [0.15, 0.2) is 5.82 Å². The standard InChI is InChI=1S/C12H10FN5.C5H10O2/c1-7-3-2-4-9(16-7)10-5-8(13)11-6-15-12(14)17-18(10)11;6-5-2-1-3-7-4-5/h2-6H,1H3,(H2,14,17);5-6H,1-4H2. The van der Waals surface area contributed by atoms with Gasteiger partial charge in [-0.25, -0.2) is 13.9 Å². The van der Waals surface area contributed by atoms with Crippen LogP contribution in [0.5, 0.6) is 0 Å². The summed E-state index contributed by atoms with van der Waals surface area (Å²) in [5.74, 6) is -0.305. The van der Waals surface area contributed by atoms with Crippen LogP contribution in [-0.4, -0.2) is 44.0 Å². The molecule has 4 rings (SSSR count). The second-order valence-electron chi connectivity index (χ2n) is 5.83. The summed E-state index contributed by atoms with van der Waals surface area (Å²) in [6.07, 6.45) is 3.10. The summed E-state index contributed by atoms with van der Waals surface area (Å²) in [5.41, 5.74) is 7.86. The molecule has 4 heterocycles. The number of hydrogen-bond donors (Lipinski definition) is 2. The van der Waals surface area contributed by atoms with E-state index in [0.717, 1.165) is 25.1 Å². The number of halogens is 1. The van der Waals surface area contributed by atoms with Gasteiger partial charge in [0.25, 0.3) is 0 Å². The minimum absolute atomic E-state index is 0.0898. The van der Waals surface area contributed by atoms with Gasteiger partial charge in [0, 0.05) is 18.4 Å². The molecule has 3 aromatic rings. The zero-order chi connectivity index (χ0) is 17.8. The van der Waals surface area contributed by atoms with Crippen molar-refractivity contribution < 1.29 is 14.2 Å². The Balaban J connectivity index is 0.000000219. The molecular weight excluding hydrogens is 325 g/mol. The summed E-state index contributed by atoms with van der Waals surface area (Å²) in [6, 6.07) is 6.91. The predicted molar refractivity (Wildman–Crippen MR) is 91.4 cm³/mol. The van der Waals surface area contributed by atoms with Gasteiger partial charge in [-0.1, -0.05) is 6.07 Å². The molecule has 0 radical (unpaired) electrons.